The van der Waals surface area contributed by atoms with E-state index in [1.54, 1.807) is 24.3 Å². The third-order valence-corrected chi connectivity index (χ3v) is 17.4. The summed E-state index contributed by atoms with van der Waals surface area (Å²) in [5.41, 5.74) is -3.31. The fraction of sp³-hybridized carbons (Fsp3) is 0.717. The van der Waals surface area contributed by atoms with Crippen LogP contribution in [0.15, 0.2) is 47.6 Å². The molecule has 11 nitrogen and oxygen atoms in total. The summed E-state index contributed by atoms with van der Waals surface area (Å²) < 4.78 is 4.89. The van der Waals surface area contributed by atoms with Crippen molar-refractivity contribution < 1.29 is 54.2 Å². The van der Waals surface area contributed by atoms with Crippen molar-refractivity contribution in [1.82, 2.24) is 0 Å². The molecule has 6 saturated carbocycles. The number of Topliss-reactive ketones (excluding diaryl/α,β-unsaturated/α-hetero) is 2. The van der Waals surface area contributed by atoms with Gasteiger partial charge in [0, 0.05) is 40.4 Å². The first-order chi connectivity index (χ1) is 26.5. The number of carbonyl (C=O) groups is 5. The monoisotopic (exact) mass is 790 g/mol. The van der Waals surface area contributed by atoms with Gasteiger partial charge in [0.05, 0.1) is 12.2 Å². The van der Waals surface area contributed by atoms with Gasteiger partial charge < -0.3 is 30.3 Å². The molecule has 8 aliphatic rings. The lowest BCUT2D eigenvalue weighted by Gasteiger charge is -2.60. The Bertz CT molecular complexity index is 1880. The summed E-state index contributed by atoms with van der Waals surface area (Å²) in [7, 11) is 0. The SMILES string of the molecule is CC(=O)OCC(=O)[C@@]1(O)CC[C@H]2[C@@H]3C[C@H](C)C4=CC(=O)C=C[C@]4(C)[C@H]3[C@@H](O)C[C@@]21C.C[C@H]1C[C@@H]2[C@H]([C@@H](O)C[C@@]3(C)[C@H]2CC[C@]3(O)C(=O)CO)[C@@]2(C)C=CC(=O)C=C12. The van der Waals surface area contributed by atoms with E-state index in [-0.39, 0.29) is 64.3 Å². The molecule has 57 heavy (non-hydrogen) atoms. The van der Waals surface area contributed by atoms with Crippen molar-refractivity contribution in [2.45, 2.75) is 123 Å². The van der Waals surface area contributed by atoms with E-state index >= 15 is 0 Å². The predicted molar refractivity (Wildman–Crippen MR) is 209 cm³/mol. The predicted octanol–water partition coefficient (Wildman–Crippen LogP) is 4.18. The van der Waals surface area contributed by atoms with E-state index in [2.05, 4.69) is 27.7 Å². The fourth-order valence-corrected chi connectivity index (χ4v) is 14.8. The second-order valence-electron chi connectivity index (χ2n) is 20.1. The Morgan fingerprint density at radius 3 is 1.51 bits per heavy atom. The maximum absolute atomic E-state index is 12.9. The summed E-state index contributed by atoms with van der Waals surface area (Å²) in [6.45, 7) is 12.4. The number of esters is 1. The van der Waals surface area contributed by atoms with Gasteiger partial charge in [0.1, 0.15) is 17.8 Å². The van der Waals surface area contributed by atoms with Crippen molar-refractivity contribution >= 4 is 29.1 Å². The largest absolute Gasteiger partial charge is 0.458 e. The van der Waals surface area contributed by atoms with Crippen LogP contribution in [0, 0.1) is 69.0 Å². The number of carbonyl (C=O) groups excluding carboxylic acids is 5. The number of hydrogen-bond acceptors (Lipinski definition) is 11. The van der Waals surface area contributed by atoms with Crippen LogP contribution >= 0.6 is 0 Å². The number of aliphatic hydroxyl groups is 5. The highest BCUT2D eigenvalue weighted by Crippen LogP contribution is 2.69. The number of hydrogen-bond donors (Lipinski definition) is 5. The molecule has 0 saturated heterocycles. The molecule has 0 aromatic carbocycles. The highest BCUT2D eigenvalue weighted by Gasteiger charge is 2.70. The van der Waals surface area contributed by atoms with Gasteiger partial charge in [-0.2, -0.15) is 0 Å². The Labute approximate surface area is 335 Å². The van der Waals surface area contributed by atoms with Gasteiger partial charge >= 0.3 is 5.97 Å². The first-order valence-corrected chi connectivity index (χ1v) is 21.0. The quantitative estimate of drug-likeness (QED) is 0.251. The van der Waals surface area contributed by atoms with Gasteiger partial charge in [0.15, 0.2) is 24.0 Å². The molecular formula is C46H62O11. The van der Waals surface area contributed by atoms with E-state index in [1.807, 2.05) is 26.0 Å². The molecule has 0 amide bonds. The van der Waals surface area contributed by atoms with E-state index in [1.165, 1.54) is 6.92 Å². The first kappa shape index (κ1) is 42.0. The van der Waals surface area contributed by atoms with E-state index in [0.717, 1.165) is 30.4 Å². The molecule has 0 aromatic heterocycles. The summed E-state index contributed by atoms with van der Waals surface area (Å²) in [6.07, 6.45) is 13.6. The highest BCUT2D eigenvalue weighted by molar-refractivity contribution is 6.02. The number of ketones is 4. The molecule has 16 atom stereocenters. The zero-order valence-corrected chi connectivity index (χ0v) is 34.5. The molecule has 11 heteroatoms. The van der Waals surface area contributed by atoms with Crippen LogP contribution in [0.3, 0.4) is 0 Å². The van der Waals surface area contributed by atoms with Crippen LogP contribution in [-0.4, -0.2) is 91.3 Å². The Balaban J connectivity index is 0.000000175. The van der Waals surface area contributed by atoms with Crippen LogP contribution < -0.4 is 0 Å². The third-order valence-electron chi connectivity index (χ3n) is 17.4. The Kier molecular flexibility index (Phi) is 10.3. The van der Waals surface area contributed by atoms with Gasteiger partial charge in [-0.3, -0.25) is 24.0 Å². The van der Waals surface area contributed by atoms with E-state index in [0.29, 0.717) is 32.1 Å². The van der Waals surface area contributed by atoms with Crippen LogP contribution in [0.1, 0.15) is 99.8 Å². The molecule has 8 rings (SSSR count). The molecule has 5 N–H and O–H groups in total. The summed E-state index contributed by atoms with van der Waals surface area (Å²) in [5.74, 6) is -0.789. The van der Waals surface area contributed by atoms with Gasteiger partial charge in [-0.25, -0.2) is 0 Å². The zero-order valence-electron chi connectivity index (χ0n) is 34.5. The lowest BCUT2D eigenvalue weighted by molar-refractivity contribution is -0.182. The highest BCUT2D eigenvalue weighted by atomic mass is 16.5. The maximum Gasteiger partial charge on any atom is 0.303 e. The average molecular weight is 791 g/mol. The van der Waals surface area contributed by atoms with Crippen LogP contribution in [0.4, 0.5) is 0 Å². The fourth-order valence-electron chi connectivity index (χ4n) is 14.8. The average Bonchev–Trinajstić information content (AvgIpc) is 3.57. The third kappa shape index (κ3) is 5.94. The van der Waals surface area contributed by atoms with Crippen LogP contribution in [0.2, 0.25) is 0 Å². The lowest BCUT2D eigenvalue weighted by atomic mass is 9.45. The molecule has 8 aliphatic carbocycles. The molecule has 0 aromatic rings. The Morgan fingerprint density at radius 2 is 1.12 bits per heavy atom. The number of rotatable bonds is 5. The van der Waals surface area contributed by atoms with Crippen LogP contribution in [-0.2, 0) is 28.7 Å². The summed E-state index contributed by atoms with van der Waals surface area (Å²) in [4.78, 5) is 60.5. The van der Waals surface area contributed by atoms with Gasteiger partial charge in [0.2, 0.25) is 5.78 Å². The van der Waals surface area contributed by atoms with Crippen molar-refractivity contribution in [3.63, 3.8) is 0 Å². The summed E-state index contributed by atoms with van der Waals surface area (Å²) in [5, 5.41) is 54.7. The molecule has 0 unspecified atom stereocenters. The van der Waals surface area contributed by atoms with Crippen molar-refractivity contribution in [2.24, 2.45) is 69.0 Å². The maximum atomic E-state index is 12.9. The zero-order chi connectivity index (χ0) is 41.8. The standard InChI is InChI=1S/C24H32O6.C22H30O5/c1-13-9-16-17-6-8-24(29,20(28)12-30-14(2)25)23(17,4)11-19(27)21(16)22(3)7-5-15(26)10-18(13)22;1-12-8-14-15-5-7-22(27,18(26)11-23)21(15,3)10-17(25)19(14)20(2)6-4-13(24)9-16(12)20/h5,7,10,13,16-17,19,21,27,29H,6,8-9,11-12H2,1-4H3;4,6,9,12,14-15,17,19,23,25,27H,5,7-8,10-11H2,1-3H3/t13-,16-,17-,19-,21+,22-,23-,24-;12-,14-,15-,17-,19+,20-,21-,22-/m00/s1. The number of allylic oxidation sites excluding steroid dienone is 8. The van der Waals surface area contributed by atoms with Crippen molar-refractivity contribution in [3.8, 4) is 0 Å². The van der Waals surface area contributed by atoms with Gasteiger partial charge in [-0.15, -0.1) is 0 Å². The van der Waals surface area contributed by atoms with E-state index < -0.39 is 70.4 Å². The molecule has 312 valence electrons. The van der Waals surface area contributed by atoms with E-state index in [9.17, 15) is 49.5 Å². The minimum atomic E-state index is -1.61. The summed E-state index contributed by atoms with van der Waals surface area (Å²) in [6, 6.07) is 0. The van der Waals surface area contributed by atoms with Gasteiger partial charge in [-0.05, 0) is 111 Å². The molecule has 0 radical (unpaired) electrons. The first-order valence-electron chi connectivity index (χ1n) is 21.0. The molecule has 6 fully saturated rings. The van der Waals surface area contributed by atoms with Crippen molar-refractivity contribution in [3.05, 3.63) is 47.6 Å². The normalized spacial score (nSPS) is 49.1. The Morgan fingerprint density at radius 1 is 0.719 bits per heavy atom. The topological polar surface area (TPSA) is 196 Å². The van der Waals surface area contributed by atoms with Gasteiger partial charge in [0.25, 0.3) is 0 Å². The molecule has 0 bridgehead atoms. The number of aliphatic hydroxyl groups excluding tert-OH is 3. The second kappa shape index (κ2) is 14.0. The number of ether oxygens (including phenoxy) is 1. The Hall–Kier alpha value is -3.09. The molecule has 0 aliphatic heterocycles. The molecular weight excluding hydrogens is 728 g/mol. The van der Waals surface area contributed by atoms with Crippen LogP contribution in [0.25, 0.3) is 0 Å². The molecule has 0 spiro atoms. The minimum absolute atomic E-state index is 0.00535. The van der Waals surface area contributed by atoms with E-state index in [4.69, 9.17) is 4.74 Å². The minimum Gasteiger partial charge on any atom is -0.458 e. The number of fused-ring (bicyclic) bond motifs is 10. The van der Waals surface area contributed by atoms with Crippen molar-refractivity contribution in [2.75, 3.05) is 13.2 Å². The second-order valence-corrected chi connectivity index (χ2v) is 20.1. The van der Waals surface area contributed by atoms with Crippen LogP contribution in [0.5, 0.6) is 0 Å². The molecule has 0 heterocycles. The van der Waals surface area contributed by atoms with Crippen molar-refractivity contribution in [1.29, 1.82) is 0 Å². The summed E-state index contributed by atoms with van der Waals surface area (Å²) >= 11 is 0. The van der Waals surface area contributed by atoms with Gasteiger partial charge in [-0.1, -0.05) is 64.8 Å². The smallest absolute Gasteiger partial charge is 0.303 e. The lowest BCUT2D eigenvalue weighted by Crippen LogP contribution is -2.62.